The average Bonchev–Trinajstić information content (AvgIpc) is 2.87. The van der Waals surface area contributed by atoms with E-state index in [1.54, 1.807) is 6.92 Å². The number of rotatable bonds is 6. The number of aryl methyl sites for hydroxylation is 1. The Hall–Kier alpha value is 1.97. The Morgan fingerprint density at radius 1 is 1.15 bits per heavy atom. The normalized spacial score (nSPS) is 21.9. The van der Waals surface area contributed by atoms with Gasteiger partial charge in [-0.25, -0.2) is 13.7 Å². The number of hydrogen-bond acceptors (Lipinski definition) is 13. The summed E-state index contributed by atoms with van der Waals surface area (Å²) in [6, 6.07) is 0. The van der Waals surface area contributed by atoms with Crippen LogP contribution in [0.3, 0.4) is 0 Å². The van der Waals surface area contributed by atoms with Crippen LogP contribution in [0.25, 0.3) is 0 Å². The van der Waals surface area contributed by atoms with Crippen molar-refractivity contribution in [3.05, 3.63) is 32.6 Å². The molecular formula is C10H16N2Na3O15P3. The molecule has 4 atom stereocenters. The van der Waals surface area contributed by atoms with Crippen LogP contribution >= 0.6 is 23.5 Å². The molecule has 0 bridgehead atoms. The van der Waals surface area contributed by atoms with Gasteiger partial charge in [-0.05, 0) is 6.92 Å². The minimum atomic E-state index is -5.92. The summed E-state index contributed by atoms with van der Waals surface area (Å²) in [6.45, 7) is 1.26. The number of aliphatic hydroxyl groups excluding tert-OH is 2. The number of H-pyrrole nitrogens is 1. The predicted octanol–water partition coefficient (Wildman–Crippen LogP) is -13.1. The number of phosphoric acid groups is 3. The smallest absolute Gasteiger partial charge is 0.790 e. The van der Waals surface area contributed by atoms with Crippen LogP contribution in [0.15, 0.2) is 15.8 Å². The van der Waals surface area contributed by atoms with Gasteiger partial charge in [-0.1, -0.05) is 0 Å². The number of ether oxygens (including phenoxy) is 1. The molecule has 1 aromatic rings. The van der Waals surface area contributed by atoms with Crippen molar-refractivity contribution in [2.45, 2.75) is 31.8 Å². The number of aromatic amines is 1. The summed E-state index contributed by atoms with van der Waals surface area (Å²) in [4.78, 5) is 70.2. The molecule has 1 unspecified atom stereocenters. The zero-order chi connectivity index (χ0) is 23.5. The second-order valence-corrected chi connectivity index (χ2v) is 9.72. The van der Waals surface area contributed by atoms with E-state index >= 15 is 0 Å². The summed E-state index contributed by atoms with van der Waals surface area (Å²) >= 11 is 0. The van der Waals surface area contributed by atoms with Crippen molar-refractivity contribution in [2.75, 3.05) is 6.61 Å². The fraction of sp³-hybridized carbons (Fsp3) is 0.600. The van der Waals surface area contributed by atoms with E-state index in [4.69, 9.17) is 19.6 Å². The fourth-order valence-corrected chi connectivity index (χ4v) is 4.53. The molecule has 2 heterocycles. The molecule has 33 heavy (non-hydrogen) atoms. The summed E-state index contributed by atoms with van der Waals surface area (Å²) in [7, 11) is -17.2. The van der Waals surface area contributed by atoms with Crippen LogP contribution < -0.4 is 115 Å². The monoisotopic (exact) mass is 566 g/mol. The topological polar surface area (TPSA) is 284 Å². The van der Waals surface area contributed by atoms with Gasteiger partial charge in [0.05, 0.1) is 20.5 Å². The molecule has 0 spiro atoms. The summed E-state index contributed by atoms with van der Waals surface area (Å²) in [5.74, 6) is 0. The summed E-state index contributed by atoms with van der Waals surface area (Å²) < 4.78 is 41.9. The Morgan fingerprint density at radius 3 is 2.06 bits per heavy atom. The van der Waals surface area contributed by atoms with Crippen molar-refractivity contribution in [3.63, 3.8) is 0 Å². The maximum absolute atomic E-state index is 11.6. The molecule has 2 rings (SSSR count). The first-order valence-corrected chi connectivity index (χ1v) is 12.0. The van der Waals surface area contributed by atoms with Gasteiger partial charge in [-0.15, -0.1) is 0 Å². The van der Waals surface area contributed by atoms with Crippen molar-refractivity contribution in [3.8, 4) is 0 Å². The third kappa shape index (κ3) is 15.1. The summed E-state index contributed by atoms with van der Waals surface area (Å²) in [6.07, 6.45) is -0.581. The van der Waals surface area contributed by atoms with E-state index in [9.17, 15) is 43.1 Å². The van der Waals surface area contributed by atoms with Gasteiger partial charge in [0, 0.05) is 18.2 Å². The van der Waals surface area contributed by atoms with Gasteiger partial charge in [0.25, 0.3) is 13.4 Å². The third-order valence-corrected chi connectivity index (χ3v) is 6.50. The first-order valence-electron chi connectivity index (χ1n) is 7.52. The number of nitrogens with one attached hydrogen (secondary N) is 1. The molecule has 0 radical (unpaired) electrons. The molecule has 1 aromatic heterocycles. The molecule has 0 aliphatic carbocycles. The van der Waals surface area contributed by atoms with E-state index in [1.165, 1.54) is 10.8 Å². The van der Waals surface area contributed by atoms with Gasteiger partial charge < -0.3 is 44.0 Å². The van der Waals surface area contributed by atoms with Gasteiger partial charge in [-0.3, -0.25) is 23.2 Å². The van der Waals surface area contributed by atoms with Gasteiger partial charge in [0.2, 0.25) is 0 Å². The van der Waals surface area contributed by atoms with E-state index in [2.05, 4.69) is 13.6 Å². The number of hydrogen-bond donors (Lipinski definition) is 5. The van der Waals surface area contributed by atoms with Crippen LogP contribution in [0.5, 0.6) is 0 Å². The second-order valence-electron chi connectivity index (χ2n) is 5.64. The Morgan fingerprint density at radius 2 is 1.67 bits per heavy atom. The molecule has 17 nitrogen and oxygen atoms in total. The molecule has 1 aliphatic heterocycles. The minimum Gasteiger partial charge on any atom is -0.790 e. The van der Waals surface area contributed by atoms with Crippen molar-refractivity contribution in [2.24, 2.45) is 0 Å². The predicted molar refractivity (Wildman–Crippen MR) is 87.1 cm³/mol. The minimum absolute atomic E-state index is 0. The Balaban J connectivity index is -0.000000517. The van der Waals surface area contributed by atoms with Gasteiger partial charge in [0.15, 0.2) is 0 Å². The second kappa shape index (κ2) is 16.0. The average molecular weight is 566 g/mol. The molecule has 23 heteroatoms. The van der Waals surface area contributed by atoms with Crippen LogP contribution in [-0.2, 0) is 27.1 Å². The Bertz CT molecular complexity index is 978. The van der Waals surface area contributed by atoms with E-state index < -0.39 is 53.2 Å². The molecule has 0 saturated carbocycles. The number of aromatic nitrogens is 2. The van der Waals surface area contributed by atoms with Crippen LogP contribution in [-0.4, -0.2) is 48.4 Å². The third-order valence-electron chi connectivity index (χ3n) is 3.25. The summed E-state index contributed by atoms with van der Waals surface area (Å²) in [5, 5.41) is 18.5. The Labute approximate surface area is 251 Å². The molecule has 1 aliphatic rings. The molecule has 174 valence electrons. The molecule has 1 fully saturated rings. The largest absolute Gasteiger partial charge is 1.00 e. The molecular weight excluding hydrogens is 550 g/mol. The first kappa shape index (κ1) is 39.5. The maximum Gasteiger partial charge on any atom is 1.00 e. The summed E-state index contributed by atoms with van der Waals surface area (Å²) in [5.41, 5.74) is -0.643. The van der Waals surface area contributed by atoms with E-state index in [0.717, 1.165) is 0 Å². The van der Waals surface area contributed by atoms with E-state index in [-0.39, 0.29) is 102 Å². The molecule has 5 N–H and O–H groups in total. The molecule has 1 saturated heterocycles. The zero-order valence-corrected chi connectivity index (χ0v) is 26.5. The van der Waals surface area contributed by atoms with Gasteiger partial charge in [0.1, 0.15) is 12.3 Å². The van der Waals surface area contributed by atoms with Crippen molar-refractivity contribution in [1.82, 2.24) is 9.55 Å². The van der Waals surface area contributed by atoms with Crippen LogP contribution in [0.1, 0.15) is 18.2 Å². The Kier molecular flexibility index (Phi) is 19.2. The standard InChI is InChI=1S/C10H14N2O5.3Na.H5O10P3/c1-5-3-12(10(16)11-9(5)15)8-2-6(14)7(4-13)17-8;;;;1-11(2,3)9-13(7,8)10-12(4,5)6/h3,6-8,13-14H,2,4H2,1H3,(H,11,15,16);;;;(H,7,8)(H2,1,2,3)(H2,4,5,6)/q;3*+1;/p-3/t6-,7+,8+;;;;/m0..../s1. The van der Waals surface area contributed by atoms with Crippen LogP contribution in [0.4, 0.5) is 0 Å². The SMILES string of the molecule is Cc1cn([C@H]2C[C@H](O)[C@@H](CO)O2)c(=O)[nH]c1=O.O=P([O-])([O-])OP(=O)([O-])OP(=O)(O)O.[Na+].[Na+].[Na+]. The molecule has 0 amide bonds. The van der Waals surface area contributed by atoms with Gasteiger partial charge in [-0.2, -0.15) is 0 Å². The maximum atomic E-state index is 11.6. The molecule has 0 aromatic carbocycles. The van der Waals surface area contributed by atoms with E-state index in [0.29, 0.717) is 5.56 Å². The van der Waals surface area contributed by atoms with Crippen LogP contribution in [0, 0.1) is 6.92 Å². The number of aliphatic hydroxyl groups is 2. The number of nitrogens with zero attached hydrogens (tertiary/aromatic N) is 1. The fourth-order valence-electron chi connectivity index (χ4n) is 2.12. The van der Waals surface area contributed by atoms with Crippen molar-refractivity contribution in [1.29, 1.82) is 0 Å². The quantitative estimate of drug-likeness (QED) is 0.158. The first-order chi connectivity index (χ1) is 13.4. The van der Waals surface area contributed by atoms with Crippen LogP contribution in [0.2, 0.25) is 0 Å². The van der Waals surface area contributed by atoms with Gasteiger partial charge >= 0.3 is 102 Å². The van der Waals surface area contributed by atoms with Crippen molar-refractivity contribution >= 4 is 23.5 Å². The van der Waals surface area contributed by atoms with E-state index in [1.807, 2.05) is 0 Å². The van der Waals surface area contributed by atoms with Crippen molar-refractivity contribution < 1.29 is 150 Å². The zero-order valence-electron chi connectivity index (χ0n) is 17.8.